The molecule has 0 saturated heterocycles. The monoisotopic (exact) mass is 173 g/mol. The molecule has 1 heterocycles. The van der Waals surface area contributed by atoms with Gasteiger partial charge in [-0.15, -0.1) is 12.4 Å². The molecule has 62 valence electrons. The van der Waals surface area contributed by atoms with E-state index in [1.807, 2.05) is 13.0 Å². The molecule has 1 fully saturated rings. The van der Waals surface area contributed by atoms with Crippen LogP contribution in [-0.2, 0) is 5.54 Å². The highest BCUT2D eigenvalue weighted by molar-refractivity contribution is 5.85. The summed E-state index contributed by atoms with van der Waals surface area (Å²) in [6.07, 6.45) is 2.16. The molecule has 1 aromatic heterocycles. The summed E-state index contributed by atoms with van der Waals surface area (Å²) >= 11 is 0. The lowest BCUT2D eigenvalue weighted by atomic mass is 10.2. The number of aromatic nitrogens is 2. The van der Waals surface area contributed by atoms with Crippen LogP contribution < -0.4 is 5.73 Å². The fourth-order valence-corrected chi connectivity index (χ4v) is 1.06. The van der Waals surface area contributed by atoms with Crippen molar-refractivity contribution >= 4 is 12.4 Å². The lowest BCUT2D eigenvalue weighted by Gasteiger charge is -2.00. The van der Waals surface area contributed by atoms with Gasteiger partial charge in [0.25, 0.3) is 0 Å². The number of nitrogens with zero attached hydrogens (tertiary/aromatic N) is 1. The zero-order valence-corrected chi connectivity index (χ0v) is 7.24. The van der Waals surface area contributed by atoms with Crippen LogP contribution in [0.1, 0.15) is 24.2 Å². The molecule has 0 aromatic carbocycles. The van der Waals surface area contributed by atoms with Crippen LogP contribution in [0.2, 0.25) is 0 Å². The fourth-order valence-electron chi connectivity index (χ4n) is 1.06. The molecule has 0 amide bonds. The average Bonchev–Trinajstić information content (AvgIpc) is 2.45. The summed E-state index contributed by atoms with van der Waals surface area (Å²) in [7, 11) is 0. The lowest BCUT2D eigenvalue weighted by Crippen LogP contribution is -2.18. The van der Waals surface area contributed by atoms with E-state index in [9.17, 15) is 0 Å². The molecule has 11 heavy (non-hydrogen) atoms. The Morgan fingerprint density at radius 1 is 1.64 bits per heavy atom. The van der Waals surface area contributed by atoms with Gasteiger partial charge in [0.1, 0.15) is 0 Å². The standard InChI is InChI=1S/C7H11N3.ClH/c1-5-4-6(10-9-5)7(8)2-3-7;/h4H,2-3,8H2,1H3,(H,9,10);1H. The number of rotatable bonds is 1. The quantitative estimate of drug-likeness (QED) is 0.668. The van der Waals surface area contributed by atoms with Crippen LogP contribution in [0.15, 0.2) is 6.07 Å². The minimum Gasteiger partial charge on any atom is -0.320 e. The van der Waals surface area contributed by atoms with Crippen LogP contribution in [0, 0.1) is 6.92 Å². The van der Waals surface area contributed by atoms with Crippen LogP contribution in [-0.4, -0.2) is 10.2 Å². The SMILES string of the molecule is Cc1cc(C2(N)CC2)n[nH]1.Cl. The van der Waals surface area contributed by atoms with Crippen LogP contribution in [0.5, 0.6) is 0 Å². The molecule has 3 N–H and O–H groups in total. The maximum Gasteiger partial charge on any atom is 0.0823 e. The first-order valence-electron chi connectivity index (χ1n) is 3.52. The molecule has 0 atom stereocenters. The number of aryl methyl sites for hydroxylation is 1. The van der Waals surface area contributed by atoms with Crippen molar-refractivity contribution in [1.29, 1.82) is 0 Å². The molecule has 0 unspecified atom stereocenters. The van der Waals surface area contributed by atoms with E-state index in [1.54, 1.807) is 0 Å². The number of H-pyrrole nitrogens is 1. The van der Waals surface area contributed by atoms with Crippen molar-refractivity contribution in [2.24, 2.45) is 5.73 Å². The molecule has 1 aliphatic carbocycles. The molecule has 0 spiro atoms. The van der Waals surface area contributed by atoms with Gasteiger partial charge in [0, 0.05) is 5.69 Å². The van der Waals surface area contributed by atoms with Gasteiger partial charge in [-0.1, -0.05) is 0 Å². The second kappa shape index (κ2) is 2.50. The average molecular weight is 174 g/mol. The molecule has 0 bridgehead atoms. The smallest absolute Gasteiger partial charge is 0.0823 e. The Balaban J connectivity index is 0.000000605. The number of hydrogen-bond donors (Lipinski definition) is 2. The second-order valence-corrected chi connectivity index (χ2v) is 3.09. The van der Waals surface area contributed by atoms with Gasteiger partial charge in [-0.2, -0.15) is 5.10 Å². The maximum atomic E-state index is 5.90. The molecule has 3 nitrogen and oxygen atoms in total. The Morgan fingerprint density at radius 3 is 2.64 bits per heavy atom. The highest BCUT2D eigenvalue weighted by Crippen LogP contribution is 2.41. The number of nitrogens with one attached hydrogen (secondary N) is 1. The Morgan fingerprint density at radius 2 is 2.27 bits per heavy atom. The summed E-state index contributed by atoms with van der Waals surface area (Å²) in [6.45, 7) is 1.99. The first-order valence-corrected chi connectivity index (χ1v) is 3.52. The Kier molecular flexibility index (Phi) is 1.94. The van der Waals surface area contributed by atoms with Crippen LogP contribution in [0.25, 0.3) is 0 Å². The zero-order valence-electron chi connectivity index (χ0n) is 6.42. The summed E-state index contributed by atoms with van der Waals surface area (Å²) in [6, 6.07) is 2.02. The van der Waals surface area contributed by atoms with Gasteiger partial charge in [0.05, 0.1) is 11.2 Å². The van der Waals surface area contributed by atoms with E-state index < -0.39 is 0 Å². The van der Waals surface area contributed by atoms with Crippen molar-refractivity contribution in [3.05, 3.63) is 17.5 Å². The van der Waals surface area contributed by atoms with Crippen molar-refractivity contribution in [2.45, 2.75) is 25.3 Å². The van der Waals surface area contributed by atoms with Crippen molar-refractivity contribution < 1.29 is 0 Å². The van der Waals surface area contributed by atoms with Gasteiger partial charge in [0.15, 0.2) is 0 Å². The van der Waals surface area contributed by atoms with Crippen LogP contribution in [0.4, 0.5) is 0 Å². The maximum absolute atomic E-state index is 5.90. The van der Waals surface area contributed by atoms with Gasteiger partial charge in [-0.3, -0.25) is 5.10 Å². The molecule has 4 heteroatoms. The number of hydrogen-bond acceptors (Lipinski definition) is 2. The molecule has 2 rings (SSSR count). The molecular formula is C7H12ClN3. The van der Waals surface area contributed by atoms with Crippen molar-refractivity contribution in [1.82, 2.24) is 10.2 Å². The van der Waals surface area contributed by atoms with Crippen LogP contribution in [0.3, 0.4) is 0 Å². The van der Waals surface area contributed by atoms with Crippen molar-refractivity contribution in [3.63, 3.8) is 0 Å². The Bertz CT molecular complexity index is 252. The molecule has 0 aliphatic heterocycles. The highest BCUT2D eigenvalue weighted by atomic mass is 35.5. The van der Waals surface area contributed by atoms with E-state index in [0.29, 0.717) is 0 Å². The van der Waals surface area contributed by atoms with Crippen molar-refractivity contribution in [2.75, 3.05) is 0 Å². The van der Waals surface area contributed by atoms with E-state index >= 15 is 0 Å². The Labute approximate surface area is 71.8 Å². The summed E-state index contributed by atoms with van der Waals surface area (Å²) in [5.41, 5.74) is 7.93. The number of nitrogens with two attached hydrogens (primary N) is 1. The van der Waals surface area contributed by atoms with E-state index in [-0.39, 0.29) is 17.9 Å². The third-order valence-electron chi connectivity index (χ3n) is 2.00. The predicted octanol–water partition coefficient (Wildman–Crippen LogP) is 1.09. The first kappa shape index (κ1) is 8.56. The second-order valence-electron chi connectivity index (χ2n) is 3.09. The van der Waals surface area contributed by atoms with Gasteiger partial charge in [0.2, 0.25) is 0 Å². The molecule has 0 radical (unpaired) electrons. The molecule has 1 aliphatic rings. The topological polar surface area (TPSA) is 54.7 Å². The highest BCUT2D eigenvalue weighted by Gasteiger charge is 2.42. The predicted molar refractivity (Wildman–Crippen MR) is 45.7 cm³/mol. The van der Waals surface area contributed by atoms with Crippen molar-refractivity contribution in [3.8, 4) is 0 Å². The van der Waals surface area contributed by atoms with E-state index in [4.69, 9.17) is 5.73 Å². The summed E-state index contributed by atoms with van der Waals surface area (Å²) in [5, 5.41) is 6.98. The van der Waals surface area contributed by atoms with Gasteiger partial charge < -0.3 is 5.73 Å². The summed E-state index contributed by atoms with van der Waals surface area (Å²) in [4.78, 5) is 0. The Hall–Kier alpha value is -0.540. The number of aromatic amines is 1. The van der Waals surface area contributed by atoms with Gasteiger partial charge in [-0.05, 0) is 25.8 Å². The number of halogens is 1. The minimum absolute atomic E-state index is 0. The fraction of sp³-hybridized carbons (Fsp3) is 0.571. The molecule has 1 saturated carbocycles. The summed E-state index contributed by atoms with van der Waals surface area (Å²) in [5.74, 6) is 0. The van der Waals surface area contributed by atoms with E-state index in [1.165, 1.54) is 0 Å². The zero-order chi connectivity index (χ0) is 7.19. The normalized spacial score (nSPS) is 19.1. The van der Waals surface area contributed by atoms with Gasteiger partial charge >= 0.3 is 0 Å². The minimum atomic E-state index is -0.0786. The lowest BCUT2D eigenvalue weighted by molar-refractivity contribution is 0.702. The third kappa shape index (κ3) is 1.39. The largest absolute Gasteiger partial charge is 0.320 e. The molecular weight excluding hydrogens is 162 g/mol. The molecule has 1 aromatic rings. The van der Waals surface area contributed by atoms with Gasteiger partial charge in [-0.25, -0.2) is 0 Å². The van der Waals surface area contributed by atoms with E-state index in [0.717, 1.165) is 24.2 Å². The van der Waals surface area contributed by atoms with E-state index in [2.05, 4.69) is 10.2 Å². The first-order chi connectivity index (χ1) is 4.71. The summed E-state index contributed by atoms with van der Waals surface area (Å²) < 4.78 is 0. The third-order valence-corrected chi connectivity index (χ3v) is 2.00. The van der Waals surface area contributed by atoms with Crippen LogP contribution >= 0.6 is 12.4 Å².